The third kappa shape index (κ3) is 3.14. The highest BCUT2D eigenvalue weighted by Gasteiger charge is 2.39. The van der Waals surface area contributed by atoms with Crippen molar-refractivity contribution in [3.63, 3.8) is 0 Å². The molecule has 0 radical (unpaired) electrons. The highest BCUT2D eigenvalue weighted by atomic mass is 16.5. The van der Waals surface area contributed by atoms with Crippen LogP contribution in [0.1, 0.15) is 38.7 Å². The molecule has 2 atom stereocenters. The lowest BCUT2D eigenvalue weighted by molar-refractivity contribution is -0.142. The maximum atomic E-state index is 12.0. The van der Waals surface area contributed by atoms with Crippen molar-refractivity contribution in [3.8, 4) is 0 Å². The Balaban J connectivity index is 1.90. The van der Waals surface area contributed by atoms with E-state index >= 15 is 0 Å². The van der Waals surface area contributed by atoms with Gasteiger partial charge in [-0.05, 0) is 35.5 Å². The number of hydrogen-bond donors (Lipinski definition) is 0. The Labute approximate surface area is 144 Å². The molecule has 0 N–H and O–H groups in total. The van der Waals surface area contributed by atoms with Gasteiger partial charge in [0.25, 0.3) is 0 Å². The second kappa shape index (κ2) is 6.27. The lowest BCUT2D eigenvalue weighted by atomic mass is 9.84. The van der Waals surface area contributed by atoms with Crippen LogP contribution in [0.4, 0.5) is 0 Å². The van der Waals surface area contributed by atoms with E-state index in [1.54, 1.807) is 6.92 Å². The van der Waals surface area contributed by atoms with Crippen LogP contribution in [0.3, 0.4) is 0 Å². The number of esters is 1. The molecule has 0 saturated heterocycles. The average molecular weight is 320 g/mol. The number of allylic oxidation sites excluding steroid dienone is 4. The monoisotopic (exact) mass is 320 g/mol. The Hall–Kier alpha value is -2.35. The molecule has 0 aromatic heterocycles. The summed E-state index contributed by atoms with van der Waals surface area (Å²) in [6.45, 7) is 9.78. The van der Waals surface area contributed by atoms with Gasteiger partial charge in [0.15, 0.2) is 0 Å². The van der Waals surface area contributed by atoms with E-state index in [1.807, 2.05) is 6.07 Å². The minimum atomic E-state index is -0.314. The number of benzene rings is 1. The summed E-state index contributed by atoms with van der Waals surface area (Å²) in [5, 5.41) is 0. The number of hydrogen-bond acceptors (Lipinski definition) is 2. The molecule has 0 heterocycles. The van der Waals surface area contributed by atoms with Gasteiger partial charge in [-0.2, -0.15) is 0 Å². The van der Waals surface area contributed by atoms with Gasteiger partial charge in [0.1, 0.15) is 6.10 Å². The summed E-state index contributed by atoms with van der Waals surface area (Å²) in [5.41, 5.74) is 4.07. The highest BCUT2D eigenvalue weighted by molar-refractivity contribution is 5.87. The molecule has 2 unspecified atom stereocenters. The predicted molar refractivity (Wildman–Crippen MR) is 97.6 cm³/mol. The summed E-state index contributed by atoms with van der Waals surface area (Å²) < 4.78 is 5.69. The molecule has 2 aliphatic carbocycles. The van der Waals surface area contributed by atoms with Crippen LogP contribution in [0.15, 0.2) is 77.9 Å². The fourth-order valence-corrected chi connectivity index (χ4v) is 3.47. The fourth-order valence-electron chi connectivity index (χ4n) is 3.47. The van der Waals surface area contributed by atoms with Gasteiger partial charge in [0, 0.05) is 11.5 Å². The molecular formula is C22H24O2. The fraction of sp³-hybridized carbons (Fsp3) is 0.318. The van der Waals surface area contributed by atoms with Crippen LogP contribution in [-0.2, 0) is 9.53 Å². The molecule has 2 heteroatoms. The van der Waals surface area contributed by atoms with Crippen molar-refractivity contribution in [1.82, 2.24) is 0 Å². The van der Waals surface area contributed by atoms with Gasteiger partial charge in [0.05, 0.1) is 0 Å². The maximum Gasteiger partial charge on any atom is 0.333 e. The quantitative estimate of drug-likeness (QED) is 0.571. The van der Waals surface area contributed by atoms with Crippen LogP contribution in [0.2, 0.25) is 0 Å². The zero-order valence-corrected chi connectivity index (χ0v) is 14.6. The highest BCUT2D eigenvalue weighted by Crippen LogP contribution is 2.46. The van der Waals surface area contributed by atoms with Crippen molar-refractivity contribution in [1.29, 1.82) is 0 Å². The van der Waals surface area contributed by atoms with Crippen LogP contribution in [-0.4, -0.2) is 12.1 Å². The zero-order valence-electron chi connectivity index (χ0n) is 14.6. The summed E-state index contributed by atoms with van der Waals surface area (Å²) >= 11 is 0. The first-order valence-corrected chi connectivity index (χ1v) is 8.41. The van der Waals surface area contributed by atoms with Crippen LogP contribution >= 0.6 is 0 Å². The molecule has 0 fully saturated rings. The van der Waals surface area contributed by atoms with E-state index in [-0.39, 0.29) is 23.4 Å². The van der Waals surface area contributed by atoms with Gasteiger partial charge in [-0.15, -0.1) is 0 Å². The molecule has 2 aliphatic rings. The number of ether oxygens (including phenoxy) is 1. The van der Waals surface area contributed by atoms with Crippen LogP contribution < -0.4 is 0 Å². The molecule has 0 saturated carbocycles. The lowest BCUT2D eigenvalue weighted by Gasteiger charge is -2.21. The topological polar surface area (TPSA) is 26.3 Å². The smallest absolute Gasteiger partial charge is 0.333 e. The van der Waals surface area contributed by atoms with Gasteiger partial charge in [-0.25, -0.2) is 4.79 Å². The molecule has 24 heavy (non-hydrogen) atoms. The van der Waals surface area contributed by atoms with Crippen molar-refractivity contribution in [2.75, 3.05) is 0 Å². The Bertz CT molecular complexity index is 747. The van der Waals surface area contributed by atoms with E-state index < -0.39 is 0 Å². The zero-order chi connectivity index (χ0) is 17.3. The number of rotatable bonds is 3. The van der Waals surface area contributed by atoms with E-state index in [2.05, 4.69) is 69.0 Å². The summed E-state index contributed by atoms with van der Waals surface area (Å²) in [4.78, 5) is 12.0. The van der Waals surface area contributed by atoms with Gasteiger partial charge < -0.3 is 4.74 Å². The second-order valence-electron chi connectivity index (χ2n) is 7.29. The van der Waals surface area contributed by atoms with Crippen molar-refractivity contribution >= 4 is 5.97 Å². The molecule has 2 nitrogen and oxygen atoms in total. The number of carbonyl (C=O) groups excluding carboxylic acids is 1. The molecule has 0 amide bonds. The normalized spacial score (nSPS) is 24.5. The van der Waals surface area contributed by atoms with E-state index in [4.69, 9.17) is 4.74 Å². The molecule has 1 aromatic carbocycles. The Morgan fingerprint density at radius 1 is 1.17 bits per heavy atom. The minimum Gasteiger partial charge on any atom is -0.454 e. The second-order valence-corrected chi connectivity index (χ2v) is 7.29. The van der Waals surface area contributed by atoms with Gasteiger partial charge >= 0.3 is 5.97 Å². The predicted octanol–water partition coefficient (Wildman–Crippen LogP) is 5.11. The van der Waals surface area contributed by atoms with Crippen LogP contribution in [0.25, 0.3) is 0 Å². The van der Waals surface area contributed by atoms with Crippen LogP contribution in [0, 0.1) is 5.41 Å². The van der Waals surface area contributed by atoms with Crippen molar-refractivity contribution < 1.29 is 9.53 Å². The van der Waals surface area contributed by atoms with E-state index in [0.29, 0.717) is 5.57 Å². The Kier molecular flexibility index (Phi) is 4.31. The Morgan fingerprint density at radius 2 is 1.83 bits per heavy atom. The standard InChI is InChI=1S/C22H24O2/c1-15(2)21(23)24-20-14-22(3,4)19-13-11-17(10-12-18(19)20)16-8-6-5-7-9-16/h5-13,17,20H,1,14H2,2-4H3. The lowest BCUT2D eigenvalue weighted by Crippen LogP contribution is -2.20. The van der Waals surface area contributed by atoms with Crippen molar-refractivity contribution in [2.24, 2.45) is 5.41 Å². The summed E-state index contributed by atoms with van der Waals surface area (Å²) in [6.07, 6.45) is 9.38. The van der Waals surface area contributed by atoms with E-state index in [0.717, 1.165) is 12.0 Å². The largest absolute Gasteiger partial charge is 0.454 e. The van der Waals surface area contributed by atoms with Gasteiger partial charge in [-0.1, -0.05) is 75.1 Å². The third-order valence-electron chi connectivity index (χ3n) is 4.82. The molecule has 0 spiro atoms. The maximum absolute atomic E-state index is 12.0. The summed E-state index contributed by atoms with van der Waals surface area (Å²) in [7, 11) is 0. The minimum absolute atomic E-state index is 0.0121. The first-order chi connectivity index (χ1) is 11.4. The van der Waals surface area contributed by atoms with Crippen molar-refractivity contribution in [3.05, 3.63) is 83.5 Å². The molecular weight excluding hydrogens is 296 g/mol. The molecule has 124 valence electrons. The molecule has 1 aromatic rings. The van der Waals surface area contributed by atoms with Gasteiger partial charge in [0.2, 0.25) is 0 Å². The van der Waals surface area contributed by atoms with E-state index in [9.17, 15) is 4.79 Å². The molecule has 3 rings (SSSR count). The molecule has 0 bridgehead atoms. The average Bonchev–Trinajstić information content (AvgIpc) is 2.70. The first kappa shape index (κ1) is 16.5. The Morgan fingerprint density at radius 3 is 2.50 bits per heavy atom. The third-order valence-corrected chi connectivity index (χ3v) is 4.82. The summed E-state index contributed by atoms with van der Waals surface area (Å²) in [5.74, 6) is -0.0733. The van der Waals surface area contributed by atoms with Gasteiger partial charge in [-0.3, -0.25) is 0 Å². The first-order valence-electron chi connectivity index (χ1n) is 8.41. The SMILES string of the molecule is C=C(C)C(=O)OC1CC(C)(C)C2=C1C=CC(c1ccccc1)C=C2. The van der Waals surface area contributed by atoms with Crippen LogP contribution in [0.5, 0.6) is 0 Å². The molecule has 0 aliphatic heterocycles. The number of carbonyl (C=O) groups is 1. The van der Waals surface area contributed by atoms with Crippen molar-refractivity contribution in [2.45, 2.75) is 39.2 Å². The summed E-state index contributed by atoms with van der Waals surface area (Å²) in [6, 6.07) is 10.4. The van der Waals surface area contributed by atoms with E-state index in [1.165, 1.54) is 11.1 Å².